The number of carbonyl (C=O) groups excluding carboxylic acids is 1. The number of benzene rings is 2. The molecule has 2 aromatic rings. The number of hydrogen-bond donors (Lipinski definition) is 1. The molecule has 21 heavy (non-hydrogen) atoms. The first kappa shape index (κ1) is 15.0. The number of rotatable bonds is 3. The smallest absolute Gasteiger partial charge is 0.289 e. The highest BCUT2D eigenvalue weighted by Crippen LogP contribution is 2.27. The first-order valence-electron chi connectivity index (χ1n) is 6.20. The van der Waals surface area contributed by atoms with Crippen molar-refractivity contribution in [2.75, 3.05) is 5.32 Å². The fraction of sp³-hybridized carbons (Fsp3) is 0.133. The Hall–Kier alpha value is -2.40. The summed E-state index contributed by atoms with van der Waals surface area (Å²) < 4.78 is 0. The summed E-state index contributed by atoms with van der Waals surface area (Å²) in [7, 11) is 0. The first-order chi connectivity index (χ1) is 9.86. The SMILES string of the molecule is Cc1cc(C)cc(C(=O)Nc2ccc(Cl)c([N+](=O)[O-])c2)c1. The van der Waals surface area contributed by atoms with Crippen molar-refractivity contribution in [3.8, 4) is 0 Å². The average molecular weight is 305 g/mol. The van der Waals surface area contributed by atoms with Crippen LogP contribution in [0.15, 0.2) is 36.4 Å². The van der Waals surface area contributed by atoms with Crippen LogP contribution in [-0.4, -0.2) is 10.8 Å². The first-order valence-corrected chi connectivity index (χ1v) is 6.58. The number of nitro groups is 1. The van der Waals surface area contributed by atoms with Crippen LogP contribution < -0.4 is 5.32 Å². The number of nitrogens with one attached hydrogen (secondary N) is 1. The predicted octanol–water partition coefficient (Wildman–Crippen LogP) is 4.12. The molecular weight excluding hydrogens is 292 g/mol. The highest BCUT2D eigenvalue weighted by atomic mass is 35.5. The summed E-state index contributed by atoms with van der Waals surface area (Å²) in [6.45, 7) is 3.80. The average Bonchev–Trinajstić information content (AvgIpc) is 2.39. The second-order valence-electron chi connectivity index (χ2n) is 4.75. The van der Waals surface area contributed by atoms with E-state index in [1.54, 1.807) is 12.1 Å². The van der Waals surface area contributed by atoms with Gasteiger partial charge in [0, 0.05) is 17.3 Å². The number of carbonyl (C=O) groups is 1. The molecule has 0 aliphatic rings. The van der Waals surface area contributed by atoms with E-state index in [1.165, 1.54) is 18.2 Å². The number of aryl methyl sites for hydroxylation is 2. The molecule has 0 aliphatic carbocycles. The summed E-state index contributed by atoms with van der Waals surface area (Å²) >= 11 is 5.73. The molecule has 0 saturated heterocycles. The summed E-state index contributed by atoms with van der Waals surface area (Å²) in [6, 6.07) is 9.62. The van der Waals surface area contributed by atoms with Crippen molar-refractivity contribution in [2.24, 2.45) is 0 Å². The van der Waals surface area contributed by atoms with Gasteiger partial charge in [-0.2, -0.15) is 0 Å². The lowest BCUT2D eigenvalue weighted by atomic mass is 10.1. The molecule has 0 unspecified atom stereocenters. The van der Waals surface area contributed by atoms with Gasteiger partial charge < -0.3 is 5.32 Å². The molecule has 1 N–H and O–H groups in total. The molecule has 0 bridgehead atoms. The van der Waals surface area contributed by atoms with Crippen LogP contribution >= 0.6 is 11.6 Å². The van der Waals surface area contributed by atoms with Gasteiger partial charge in [-0.3, -0.25) is 14.9 Å². The van der Waals surface area contributed by atoms with Crippen LogP contribution in [0.3, 0.4) is 0 Å². The normalized spacial score (nSPS) is 10.2. The quantitative estimate of drug-likeness (QED) is 0.685. The van der Waals surface area contributed by atoms with Gasteiger partial charge in [-0.05, 0) is 38.1 Å². The van der Waals surface area contributed by atoms with Crippen LogP contribution in [0.5, 0.6) is 0 Å². The molecule has 0 heterocycles. The number of hydrogen-bond acceptors (Lipinski definition) is 3. The Morgan fingerprint density at radius 3 is 2.33 bits per heavy atom. The Kier molecular flexibility index (Phi) is 4.23. The third-order valence-electron chi connectivity index (χ3n) is 2.88. The van der Waals surface area contributed by atoms with E-state index in [4.69, 9.17) is 11.6 Å². The molecule has 108 valence electrons. The van der Waals surface area contributed by atoms with E-state index in [0.29, 0.717) is 11.3 Å². The van der Waals surface area contributed by atoms with Crippen LogP contribution in [0.25, 0.3) is 0 Å². The highest BCUT2D eigenvalue weighted by Gasteiger charge is 2.14. The van der Waals surface area contributed by atoms with E-state index >= 15 is 0 Å². The van der Waals surface area contributed by atoms with E-state index in [0.717, 1.165) is 11.1 Å². The minimum atomic E-state index is -0.588. The molecule has 2 rings (SSSR count). The maximum Gasteiger partial charge on any atom is 0.289 e. The van der Waals surface area contributed by atoms with Gasteiger partial charge in [0.25, 0.3) is 11.6 Å². The van der Waals surface area contributed by atoms with Gasteiger partial charge in [-0.15, -0.1) is 0 Å². The zero-order chi connectivity index (χ0) is 15.6. The lowest BCUT2D eigenvalue weighted by Gasteiger charge is -2.07. The van der Waals surface area contributed by atoms with E-state index in [2.05, 4.69) is 5.32 Å². The van der Waals surface area contributed by atoms with Gasteiger partial charge >= 0.3 is 0 Å². The predicted molar refractivity (Wildman–Crippen MR) is 82.0 cm³/mol. The molecule has 0 aliphatic heterocycles. The van der Waals surface area contributed by atoms with Gasteiger partial charge in [-0.25, -0.2) is 0 Å². The van der Waals surface area contributed by atoms with Crippen molar-refractivity contribution in [2.45, 2.75) is 13.8 Å². The zero-order valence-electron chi connectivity index (χ0n) is 11.5. The number of amides is 1. The molecular formula is C15H13ClN2O3. The fourth-order valence-corrected chi connectivity index (χ4v) is 2.23. The van der Waals surface area contributed by atoms with E-state index < -0.39 is 4.92 Å². The van der Waals surface area contributed by atoms with E-state index in [-0.39, 0.29) is 16.6 Å². The Bertz CT molecular complexity index is 709. The van der Waals surface area contributed by atoms with Crippen molar-refractivity contribution in [3.63, 3.8) is 0 Å². The van der Waals surface area contributed by atoms with Gasteiger partial charge in [0.1, 0.15) is 5.02 Å². The molecule has 5 nitrogen and oxygen atoms in total. The van der Waals surface area contributed by atoms with Crippen LogP contribution in [0.4, 0.5) is 11.4 Å². The summed E-state index contributed by atoms with van der Waals surface area (Å²) in [4.78, 5) is 22.4. The highest BCUT2D eigenvalue weighted by molar-refractivity contribution is 6.32. The standard InChI is InChI=1S/C15H13ClN2O3/c1-9-5-10(2)7-11(6-9)15(19)17-12-3-4-13(16)14(8-12)18(20)21/h3-8H,1-2H3,(H,17,19). The van der Waals surface area contributed by atoms with Gasteiger partial charge in [0.15, 0.2) is 0 Å². The molecule has 0 saturated carbocycles. The molecule has 0 radical (unpaired) electrons. The van der Waals surface area contributed by atoms with Crippen LogP contribution in [0.1, 0.15) is 21.5 Å². The molecule has 0 aromatic heterocycles. The summed E-state index contributed by atoms with van der Waals surface area (Å²) in [5.41, 5.74) is 2.54. The second-order valence-corrected chi connectivity index (χ2v) is 5.16. The van der Waals surface area contributed by atoms with Gasteiger partial charge in [0.2, 0.25) is 0 Å². The third-order valence-corrected chi connectivity index (χ3v) is 3.20. The van der Waals surface area contributed by atoms with Crippen molar-refractivity contribution < 1.29 is 9.72 Å². The van der Waals surface area contributed by atoms with Crippen LogP contribution in [-0.2, 0) is 0 Å². The Labute approximate surface area is 126 Å². The topological polar surface area (TPSA) is 72.2 Å². The number of anilines is 1. The monoisotopic (exact) mass is 304 g/mol. The fourth-order valence-electron chi connectivity index (χ4n) is 2.04. The minimum Gasteiger partial charge on any atom is -0.322 e. The van der Waals surface area contributed by atoms with Crippen LogP contribution in [0.2, 0.25) is 5.02 Å². The minimum absolute atomic E-state index is 0.0319. The lowest BCUT2D eigenvalue weighted by molar-refractivity contribution is -0.384. The lowest BCUT2D eigenvalue weighted by Crippen LogP contribution is -2.12. The molecule has 0 spiro atoms. The Balaban J connectivity index is 2.27. The number of nitrogens with zero attached hydrogens (tertiary/aromatic N) is 1. The second kappa shape index (κ2) is 5.93. The van der Waals surface area contributed by atoms with E-state index in [1.807, 2.05) is 19.9 Å². The number of halogens is 1. The summed E-state index contributed by atoms with van der Waals surface area (Å²) in [5, 5.41) is 13.5. The van der Waals surface area contributed by atoms with Crippen molar-refractivity contribution in [1.82, 2.24) is 0 Å². The van der Waals surface area contributed by atoms with Crippen molar-refractivity contribution in [3.05, 3.63) is 68.2 Å². The Morgan fingerprint density at radius 1 is 1.14 bits per heavy atom. The number of nitro benzene ring substituents is 1. The summed E-state index contributed by atoms with van der Waals surface area (Å²) in [6.07, 6.45) is 0. The van der Waals surface area contributed by atoms with Crippen LogP contribution in [0, 0.1) is 24.0 Å². The summed E-state index contributed by atoms with van der Waals surface area (Å²) in [5.74, 6) is -0.321. The maximum atomic E-state index is 12.2. The molecule has 1 amide bonds. The third kappa shape index (κ3) is 3.58. The van der Waals surface area contributed by atoms with Gasteiger partial charge in [0.05, 0.1) is 4.92 Å². The largest absolute Gasteiger partial charge is 0.322 e. The molecule has 2 aromatic carbocycles. The molecule has 6 heteroatoms. The maximum absolute atomic E-state index is 12.2. The molecule has 0 fully saturated rings. The van der Waals surface area contributed by atoms with E-state index in [9.17, 15) is 14.9 Å². The van der Waals surface area contributed by atoms with Crippen molar-refractivity contribution >= 4 is 28.9 Å². The Morgan fingerprint density at radius 2 is 1.76 bits per heavy atom. The molecule has 0 atom stereocenters. The zero-order valence-corrected chi connectivity index (χ0v) is 12.3. The van der Waals surface area contributed by atoms with Crippen molar-refractivity contribution in [1.29, 1.82) is 0 Å². The van der Waals surface area contributed by atoms with Gasteiger partial charge in [-0.1, -0.05) is 28.8 Å².